The van der Waals surface area contributed by atoms with Gasteiger partial charge in [0.05, 0.1) is 31.4 Å². The third-order valence-electron chi connectivity index (χ3n) is 5.03. The molecule has 31 heavy (non-hydrogen) atoms. The molecule has 0 aliphatic carbocycles. The molecule has 0 radical (unpaired) electrons. The fourth-order valence-corrected chi connectivity index (χ4v) is 3.40. The minimum atomic E-state index is -4.42. The number of amides is 1. The highest BCUT2D eigenvalue weighted by Crippen LogP contribution is 2.36. The van der Waals surface area contributed by atoms with Crippen LogP contribution in [0.2, 0.25) is 0 Å². The molecule has 2 heterocycles. The highest BCUT2D eigenvalue weighted by atomic mass is 19.4. The number of carbonyl (C=O) groups excluding carboxylic acids is 1. The third-order valence-corrected chi connectivity index (χ3v) is 5.03. The van der Waals surface area contributed by atoms with Crippen LogP contribution in [0.3, 0.4) is 0 Å². The zero-order chi connectivity index (χ0) is 22.2. The summed E-state index contributed by atoms with van der Waals surface area (Å²) in [7, 11) is 3.04. The molecule has 1 unspecified atom stereocenters. The van der Waals surface area contributed by atoms with Crippen LogP contribution < -0.4 is 14.4 Å². The van der Waals surface area contributed by atoms with Gasteiger partial charge in [0.15, 0.2) is 0 Å². The van der Waals surface area contributed by atoms with E-state index in [0.717, 1.165) is 12.1 Å². The summed E-state index contributed by atoms with van der Waals surface area (Å²) < 4.78 is 54.0. The number of methoxy groups -OCH3 is 2. The molecule has 0 bridgehead atoms. The summed E-state index contributed by atoms with van der Waals surface area (Å²) in [6.45, 7) is 0.309. The van der Waals surface area contributed by atoms with Gasteiger partial charge < -0.3 is 18.9 Å². The van der Waals surface area contributed by atoms with Crippen LogP contribution in [0.25, 0.3) is 11.4 Å². The normalized spacial score (nSPS) is 16.6. The fourth-order valence-electron chi connectivity index (χ4n) is 3.40. The molecule has 1 aliphatic heterocycles. The Hall–Kier alpha value is -3.56. The number of carbonyl (C=O) groups is 1. The second-order valence-electron chi connectivity index (χ2n) is 7.01. The summed E-state index contributed by atoms with van der Waals surface area (Å²) in [5.41, 5.74) is 0.249. The lowest BCUT2D eigenvalue weighted by Gasteiger charge is -2.18. The van der Waals surface area contributed by atoms with Gasteiger partial charge in [0.25, 0.3) is 0 Å². The van der Waals surface area contributed by atoms with Crippen molar-refractivity contribution in [1.29, 1.82) is 0 Å². The number of hydrogen-bond acceptors (Lipinski definition) is 6. The van der Waals surface area contributed by atoms with Crippen LogP contribution in [0.4, 0.5) is 18.9 Å². The number of halogens is 3. The van der Waals surface area contributed by atoms with Gasteiger partial charge in [-0.15, -0.1) is 0 Å². The van der Waals surface area contributed by atoms with Gasteiger partial charge in [-0.05, 0) is 12.1 Å². The van der Waals surface area contributed by atoms with Gasteiger partial charge in [0, 0.05) is 36.7 Å². The quantitative estimate of drug-likeness (QED) is 0.597. The Kier molecular flexibility index (Phi) is 5.30. The van der Waals surface area contributed by atoms with Crippen molar-refractivity contribution in [2.24, 2.45) is 0 Å². The Morgan fingerprint density at radius 1 is 1.06 bits per heavy atom. The molecule has 1 fully saturated rings. The maximum atomic E-state index is 12.7. The molecule has 0 spiro atoms. The number of alkyl halides is 3. The summed E-state index contributed by atoms with van der Waals surface area (Å²) in [5, 5.41) is 3.86. The van der Waals surface area contributed by atoms with Crippen LogP contribution in [-0.2, 0) is 11.0 Å². The molecule has 162 valence electrons. The monoisotopic (exact) mass is 433 g/mol. The van der Waals surface area contributed by atoms with Crippen molar-refractivity contribution in [2.75, 3.05) is 25.7 Å². The Bertz CT molecular complexity index is 1070. The number of anilines is 1. The van der Waals surface area contributed by atoms with Gasteiger partial charge in [-0.25, -0.2) is 0 Å². The lowest BCUT2D eigenvalue weighted by Crippen LogP contribution is -2.24. The number of rotatable bonds is 5. The smallest absolute Gasteiger partial charge is 0.416 e. The molecule has 4 rings (SSSR count). The summed E-state index contributed by atoms with van der Waals surface area (Å²) in [6.07, 6.45) is -4.26. The molecule has 10 heteroatoms. The van der Waals surface area contributed by atoms with Gasteiger partial charge in [0.1, 0.15) is 11.5 Å². The Labute approximate surface area is 175 Å². The van der Waals surface area contributed by atoms with Crippen LogP contribution in [0.1, 0.15) is 23.8 Å². The lowest BCUT2D eigenvalue weighted by atomic mass is 10.1. The summed E-state index contributed by atoms with van der Waals surface area (Å²) in [5.74, 6) is 1.04. The first-order chi connectivity index (χ1) is 14.8. The first-order valence-electron chi connectivity index (χ1n) is 9.33. The van der Waals surface area contributed by atoms with Crippen molar-refractivity contribution in [2.45, 2.75) is 18.5 Å². The topological polar surface area (TPSA) is 77.7 Å². The van der Waals surface area contributed by atoms with Crippen molar-refractivity contribution in [3.05, 3.63) is 53.9 Å². The number of aromatic nitrogens is 2. The maximum absolute atomic E-state index is 12.7. The van der Waals surface area contributed by atoms with E-state index >= 15 is 0 Å². The van der Waals surface area contributed by atoms with E-state index < -0.39 is 11.7 Å². The molecule has 0 saturated carbocycles. The van der Waals surface area contributed by atoms with Gasteiger partial charge in [-0.2, -0.15) is 18.2 Å². The van der Waals surface area contributed by atoms with Crippen molar-refractivity contribution in [1.82, 2.24) is 10.1 Å². The molecule has 0 N–H and O–H groups in total. The molecule has 1 atom stereocenters. The van der Waals surface area contributed by atoms with E-state index in [1.165, 1.54) is 26.4 Å². The molecular formula is C21H18F3N3O4. The standard InChI is InChI=1S/C21H18F3N3O4/c1-29-16-8-15(9-17(10-16)30-2)27-11-13(7-18(27)28)20-25-19(26-31-20)12-3-5-14(6-4-12)21(22,23)24/h3-6,8-10,13H,7,11H2,1-2H3. The van der Waals surface area contributed by atoms with Crippen molar-refractivity contribution >= 4 is 11.6 Å². The van der Waals surface area contributed by atoms with Crippen molar-refractivity contribution < 1.29 is 32.0 Å². The van der Waals surface area contributed by atoms with Gasteiger partial charge in [0.2, 0.25) is 17.6 Å². The number of nitrogens with zero attached hydrogens (tertiary/aromatic N) is 3. The van der Waals surface area contributed by atoms with E-state index in [0.29, 0.717) is 29.3 Å². The number of ether oxygens (including phenoxy) is 2. The Morgan fingerprint density at radius 2 is 1.71 bits per heavy atom. The molecular weight excluding hydrogens is 415 g/mol. The van der Waals surface area contributed by atoms with Crippen LogP contribution in [0.5, 0.6) is 11.5 Å². The second-order valence-corrected chi connectivity index (χ2v) is 7.01. The predicted molar refractivity (Wildman–Crippen MR) is 104 cm³/mol. The van der Waals surface area contributed by atoms with Crippen LogP contribution in [0, 0.1) is 0 Å². The molecule has 3 aromatic rings. The fraction of sp³-hybridized carbons (Fsp3) is 0.286. The molecule has 7 nitrogen and oxygen atoms in total. The predicted octanol–water partition coefficient (Wildman–Crippen LogP) is 4.29. The average molecular weight is 433 g/mol. The van der Waals surface area contributed by atoms with Gasteiger partial charge in [-0.1, -0.05) is 17.3 Å². The Morgan fingerprint density at radius 3 is 2.29 bits per heavy atom. The van der Waals surface area contributed by atoms with E-state index in [1.807, 2.05) is 0 Å². The highest BCUT2D eigenvalue weighted by Gasteiger charge is 2.36. The minimum absolute atomic E-state index is 0.130. The van der Waals surface area contributed by atoms with E-state index in [-0.39, 0.29) is 30.0 Å². The average Bonchev–Trinajstić information content (AvgIpc) is 3.40. The summed E-state index contributed by atoms with van der Waals surface area (Å²) in [4.78, 5) is 18.5. The summed E-state index contributed by atoms with van der Waals surface area (Å²) in [6, 6.07) is 9.65. The second kappa shape index (κ2) is 7.93. The molecule has 1 aliphatic rings. The van der Waals surface area contributed by atoms with Gasteiger partial charge in [-0.3, -0.25) is 4.79 Å². The van der Waals surface area contributed by atoms with E-state index in [2.05, 4.69) is 10.1 Å². The molecule has 1 aromatic heterocycles. The van der Waals surface area contributed by atoms with Gasteiger partial charge >= 0.3 is 6.18 Å². The SMILES string of the molecule is COc1cc(OC)cc(N2CC(c3nc(-c4ccc(C(F)(F)F)cc4)no3)CC2=O)c1. The van der Waals surface area contributed by atoms with Crippen LogP contribution >= 0.6 is 0 Å². The van der Waals surface area contributed by atoms with Crippen LogP contribution in [-0.4, -0.2) is 36.8 Å². The molecule has 2 aromatic carbocycles. The summed E-state index contributed by atoms with van der Waals surface area (Å²) >= 11 is 0. The van der Waals surface area contributed by atoms with Crippen molar-refractivity contribution in [3.8, 4) is 22.9 Å². The molecule has 1 amide bonds. The maximum Gasteiger partial charge on any atom is 0.416 e. The van der Waals surface area contributed by atoms with E-state index in [4.69, 9.17) is 14.0 Å². The first-order valence-corrected chi connectivity index (χ1v) is 9.33. The Balaban J connectivity index is 1.54. The third kappa shape index (κ3) is 4.18. The van der Waals surface area contributed by atoms with Crippen LogP contribution in [0.15, 0.2) is 47.0 Å². The van der Waals surface area contributed by atoms with E-state index in [1.54, 1.807) is 23.1 Å². The molecule has 1 saturated heterocycles. The zero-order valence-electron chi connectivity index (χ0n) is 16.6. The minimum Gasteiger partial charge on any atom is -0.497 e. The zero-order valence-corrected chi connectivity index (χ0v) is 16.6. The van der Waals surface area contributed by atoms with E-state index in [9.17, 15) is 18.0 Å². The number of hydrogen-bond donors (Lipinski definition) is 0. The lowest BCUT2D eigenvalue weighted by molar-refractivity contribution is -0.137. The first kappa shape index (κ1) is 20.7. The largest absolute Gasteiger partial charge is 0.497 e. The highest BCUT2D eigenvalue weighted by molar-refractivity contribution is 5.96. The van der Waals surface area contributed by atoms with Crippen molar-refractivity contribution in [3.63, 3.8) is 0 Å². The number of benzene rings is 2.